The van der Waals surface area contributed by atoms with Crippen LogP contribution < -0.4 is 10.6 Å². The number of nitrogens with zero attached hydrogens (tertiary/aromatic N) is 2. The highest BCUT2D eigenvalue weighted by atomic mass is 16.5. The highest BCUT2D eigenvalue weighted by molar-refractivity contribution is 6.22. The molecule has 0 spiro atoms. The average molecular weight is 471 g/mol. The van der Waals surface area contributed by atoms with Gasteiger partial charge in [0, 0.05) is 29.2 Å². The fourth-order valence-corrected chi connectivity index (χ4v) is 3.84. The maximum absolute atomic E-state index is 12.2. The third-order valence-electron chi connectivity index (χ3n) is 5.68. The van der Waals surface area contributed by atoms with Crippen LogP contribution in [0.2, 0.25) is 0 Å². The number of carbonyl (C=O) groups excluding carboxylic acids is 2. The van der Waals surface area contributed by atoms with Crippen molar-refractivity contribution in [1.29, 1.82) is 0 Å². The number of methoxy groups -OCH3 is 1. The standard InChI is InChI=1S/C27H26N4O4/c1-16(28)26(33)31(2)20-12-10-19(11-13-20)29-24(17-7-5-4-6-8-17)23-21-14-9-18(27(34)35-3)15-22(21)30-25(23)32/h4-16,30,32H,28H2,1-3H3. The Bertz CT molecular complexity index is 1410. The number of aromatic nitrogens is 1. The maximum Gasteiger partial charge on any atom is 0.337 e. The van der Waals surface area contributed by atoms with E-state index >= 15 is 0 Å². The first-order valence-electron chi connectivity index (χ1n) is 11.0. The summed E-state index contributed by atoms with van der Waals surface area (Å²) in [5.74, 6) is -0.725. The first kappa shape index (κ1) is 23.7. The topological polar surface area (TPSA) is 121 Å². The predicted molar refractivity (Wildman–Crippen MR) is 137 cm³/mol. The van der Waals surface area contributed by atoms with Crippen LogP contribution in [0.25, 0.3) is 10.9 Å². The molecule has 1 heterocycles. The molecule has 0 saturated heterocycles. The van der Waals surface area contributed by atoms with Crippen LogP contribution in [0.5, 0.6) is 5.88 Å². The Hall–Kier alpha value is -4.43. The van der Waals surface area contributed by atoms with Gasteiger partial charge in [-0.1, -0.05) is 36.4 Å². The molecule has 1 amide bonds. The Balaban J connectivity index is 1.81. The number of hydrogen-bond donors (Lipinski definition) is 3. The average Bonchev–Trinajstić information content (AvgIpc) is 3.21. The lowest BCUT2D eigenvalue weighted by atomic mass is 10.00. The molecule has 0 fully saturated rings. The number of anilines is 1. The zero-order valence-corrected chi connectivity index (χ0v) is 19.6. The first-order valence-corrected chi connectivity index (χ1v) is 11.0. The molecule has 3 aromatic carbocycles. The first-order chi connectivity index (χ1) is 16.8. The summed E-state index contributed by atoms with van der Waals surface area (Å²) in [5, 5.41) is 11.6. The Kier molecular flexibility index (Phi) is 6.66. The summed E-state index contributed by atoms with van der Waals surface area (Å²) in [5.41, 5.74) is 9.85. The van der Waals surface area contributed by atoms with E-state index in [2.05, 4.69) is 4.98 Å². The molecule has 0 saturated carbocycles. The Labute approximate surface area is 202 Å². The van der Waals surface area contributed by atoms with E-state index in [1.807, 2.05) is 30.3 Å². The summed E-state index contributed by atoms with van der Waals surface area (Å²) in [6.45, 7) is 1.64. The van der Waals surface area contributed by atoms with Crippen LogP contribution in [0.4, 0.5) is 11.4 Å². The molecule has 1 atom stereocenters. The number of H-pyrrole nitrogens is 1. The van der Waals surface area contributed by atoms with Gasteiger partial charge in [-0.2, -0.15) is 0 Å². The number of carbonyl (C=O) groups is 2. The number of fused-ring (bicyclic) bond motifs is 1. The van der Waals surface area contributed by atoms with E-state index in [4.69, 9.17) is 15.5 Å². The van der Waals surface area contributed by atoms with E-state index in [1.54, 1.807) is 56.4 Å². The van der Waals surface area contributed by atoms with Gasteiger partial charge in [-0.05, 0) is 43.3 Å². The van der Waals surface area contributed by atoms with Gasteiger partial charge in [0.25, 0.3) is 0 Å². The van der Waals surface area contributed by atoms with Gasteiger partial charge in [-0.3, -0.25) is 4.79 Å². The van der Waals surface area contributed by atoms with Gasteiger partial charge in [0.05, 0.1) is 35.7 Å². The Morgan fingerprint density at radius 3 is 2.34 bits per heavy atom. The van der Waals surface area contributed by atoms with Crippen LogP contribution in [0.1, 0.15) is 28.4 Å². The minimum atomic E-state index is -0.605. The van der Waals surface area contributed by atoms with Crippen molar-refractivity contribution in [3.05, 3.63) is 89.5 Å². The van der Waals surface area contributed by atoms with E-state index < -0.39 is 12.0 Å². The van der Waals surface area contributed by atoms with E-state index in [0.717, 1.165) is 5.56 Å². The quantitative estimate of drug-likeness (QED) is 0.289. The third-order valence-corrected chi connectivity index (χ3v) is 5.68. The number of esters is 1. The summed E-state index contributed by atoms with van der Waals surface area (Å²) >= 11 is 0. The summed E-state index contributed by atoms with van der Waals surface area (Å²) in [6, 6.07) is 21.1. The van der Waals surface area contributed by atoms with Crippen LogP contribution in [0.3, 0.4) is 0 Å². The van der Waals surface area contributed by atoms with Crippen molar-refractivity contribution in [1.82, 2.24) is 4.98 Å². The summed E-state index contributed by atoms with van der Waals surface area (Å²) in [6.07, 6.45) is 0. The molecule has 0 radical (unpaired) electrons. The van der Waals surface area contributed by atoms with Crippen LogP contribution in [0.15, 0.2) is 77.8 Å². The van der Waals surface area contributed by atoms with Crippen molar-refractivity contribution in [2.24, 2.45) is 10.7 Å². The van der Waals surface area contributed by atoms with E-state index in [1.165, 1.54) is 12.0 Å². The summed E-state index contributed by atoms with van der Waals surface area (Å²) in [4.78, 5) is 33.4. The van der Waals surface area contributed by atoms with Gasteiger partial charge in [-0.15, -0.1) is 0 Å². The molecule has 0 aliphatic rings. The van der Waals surface area contributed by atoms with Crippen molar-refractivity contribution in [2.75, 3.05) is 19.1 Å². The number of nitrogens with two attached hydrogens (primary N) is 1. The fraction of sp³-hybridized carbons (Fsp3) is 0.148. The van der Waals surface area contributed by atoms with E-state index in [0.29, 0.717) is 39.1 Å². The molecule has 0 aliphatic carbocycles. The second kappa shape index (κ2) is 9.82. The second-order valence-electron chi connectivity index (χ2n) is 8.13. The lowest BCUT2D eigenvalue weighted by Gasteiger charge is -2.19. The summed E-state index contributed by atoms with van der Waals surface area (Å²) in [7, 11) is 2.99. The van der Waals surface area contributed by atoms with Gasteiger partial charge in [-0.25, -0.2) is 9.79 Å². The smallest absolute Gasteiger partial charge is 0.337 e. The molecule has 4 aromatic rings. The van der Waals surface area contributed by atoms with Gasteiger partial charge in [0.1, 0.15) is 0 Å². The highest BCUT2D eigenvalue weighted by Gasteiger charge is 2.20. The Morgan fingerprint density at radius 1 is 1.03 bits per heavy atom. The highest BCUT2D eigenvalue weighted by Crippen LogP contribution is 2.32. The SMILES string of the molecule is COC(=O)c1ccc2c(C(=Nc3ccc(N(C)C(=O)C(C)N)cc3)c3ccccc3)c(O)[nH]c2c1. The number of aromatic amines is 1. The predicted octanol–water partition coefficient (Wildman–Crippen LogP) is 4.14. The number of ether oxygens (including phenoxy) is 1. The van der Waals surface area contributed by atoms with Crippen LogP contribution >= 0.6 is 0 Å². The lowest BCUT2D eigenvalue weighted by Crippen LogP contribution is -2.39. The number of hydrogen-bond acceptors (Lipinski definition) is 6. The normalized spacial score (nSPS) is 12.4. The van der Waals surface area contributed by atoms with Crippen molar-refractivity contribution in [3.63, 3.8) is 0 Å². The van der Waals surface area contributed by atoms with Crippen molar-refractivity contribution in [2.45, 2.75) is 13.0 Å². The number of nitrogens with one attached hydrogen (secondary N) is 1. The van der Waals surface area contributed by atoms with Gasteiger partial charge < -0.3 is 25.5 Å². The second-order valence-corrected chi connectivity index (χ2v) is 8.13. The number of amides is 1. The van der Waals surface area contributed by atoms with Gasteiger partial charge >= 0.3 is 5.97 Å². The number of aliphatic imine (C=N–C) groups is 1. The molecule has 8 heteroatoms. The van der Waals surface area contributed by atoms with Gasteiger partial charge in [0.15, 0.2) is 5.88 Å². The number of rotatable bonds is 6. The largest absolute Gasteiger partial charge is 0.494 e. The minimum absolute atomic E-state index is 0.0662. The number of likely N-dealkylation sites (N-methyl/N-ethyl adjacent to an activating group) is 1. The molecule has 0 aliphatic heterocycles. The molecule has 8 nitrogen and oxygen atoms in total. The lowest BCUT2D eigenvalue weighted by molar-refractivity contribution is -0.119. The molecule has 4 N–H and O–H groups in total. The molecular weight excluding hydrogens is 444 g/mol. The fourth-order valence-electron chi connectivity index (χ4n) is 3.84. The van der Waals surface area contributed by atoms with Crippen LogP contribution in [0, 0.1) is 0 Å². The van der Waals surface area contributed by atoms with Crippen molar-refractivity contribution < 1.29 is 19.4 Å². The third kappa shape index (κ3) is 4.78. The molecule has 1 aromatic heterocycles. The summed E-state index contributed by atoms with van der Waals surface area (Å²) < 4.78 is 4.80. The number of aromatic hydroxyl groups is 1. The van der Waals surface area contributed by atoms with E-state index in [9.17, 15) is 14.7 Å². The molecule has 35 heavy (non-hydrogen) atoms. The molecule has 0 bridgehead atoms. The maximum atomic E-state index is 12.2. The van der Waals surface area contributed by atoms with Gasteiger partial charge in [0.2, 0.25) is 5.91 Å². The minimum Gasteiger partial charge on any atom is -0.494 e. The number of benzene rings is 3. The van der Waals surface area contributed by atoms with Crippen LogP contribution in [-0.2, 0) is 9.53 Å². The molecular formula is C27H26N4O4. The zero-order valence-electron chi connectivity index (χ0n) is 19.6. The Morgan fingerprint density at radius 2 is 1.71 bits per heavy atom. The van der Waals surface area contributed by atoms with Crippen molar-refractivity contribution in [3.8, 4) is 5.88 Å². The molecule has 178 valence electrons. The molecule has 4 rings (SSSR count). The van der Waals surface area contributed by atoms with E-state index in [-0.39, 0.29) is 11.8 Å². The van der Waals surface area contributed by atoms with Crippen molar-refractivity contribution >= 4 is 39.9 Å². The molecule has 1 unspecified atom stereocenters. The monoisotopic (exact) mass is 470 g/mol. The zero-order chi connectivity index (χ0) is 25.1. The van der Waals surface area contributed by atoms with Crippen LogP contribution in [-0.4, -0.2) is 47.9 Å².